The summed E-state index contributed by atoms with van der Waals surface area (Å²) in [7, 11) is 0. The molecule has 0 atom stereocenters. The van der Waals surface area contributed by atoms with Crippen molar-refractivity contribution in [3.8, 4) is 0 Å². The third-order valence-corrected chi connectivity index (χ3v) is 3.78. The Hall–Kier alpha value is -1.11. The fourth-order valence-electron chi connectivity index (χ4n) is 1.48. The highest BCUT2D eigenvalue weighted by molar-refractivity contribution is 14.1. The summed E-state index contributed by atoms with van der Waals surface area (Å²) in [6.07, 6.45) is 1.43. The van der Waals surface area contributed by atoms with Gasteiger partial charge in [-0.25, -0.2) is 5.43 Å². The number of carbonyl (C=O) groups is 1. The molecule has 0 unspecified atom stereocenters. The van der Waals surface area contributed by atoms with Crippen LogP contribution in [0.1, 0.15) is 15.9 Å². The van der Waals surface area contributed by atoms with Crippen LogP contribution in [0.2, 0.25) is 10.0 Å². The first-order chi connectivity index (χ1) is 9.58. The second-order valence-corrected chi connectivity index (χ2v) is 5.90. The van der Waals surface area contributed by atoms with Crippen LogP contribution in [0.15, 0.2) is 47.6 Å². The molecule has 0 saturated carbocycles. The van der Waals surface area contributed by atoms with Crippen molar-refractivity contribution in [1.82, 2.24) is 5.43 Å². The van der Waals surface area contributed by atoms with Gasteiger partial charge in [-0.1, -0.05) is 35.3 Å². The molecule has 20 heavy (non-hydrogen) atoms. The van der Waals surface area contributed by atoms with Crippen LogP contribution in [0.3, 0.4) is 0 Å². The molecule has 2 aromatic rings. The van der Waals surface area contributed by atoms with E-state index in [1.165, 1.54) is 6.21 Å². The van der Waals surface area contributed by atoms with Gasteiger partial charge >= 0.3 is 0 Å². The first-order valence-corrected chi connectivity index (χ1v) is 7.44. The maximum absolute atomic E-state index is 11.9. The third-order valence-electron chi connectivity index (χ3n) is 2.45. The summed E-state index contributed by atoms with van der Waals surface area (Å²) < 4.78 is 0.980. The number of rotatable bonds is 3. The SMILES string of the molecule is O=C(N/N=C/c1c(Cl)cccc1Cl)c1cccc(I)c1. The molecule has 2 aromatic carbocycles. The minimum atomic E-state index is -0.289. The molecule has 0 radical (unpaired) electrons. The van der Waals surface area contributed by atoms with Crippen LogP contribution in [-0.2, 0) is 0 Å². The van der Waals surface area contributed by atoms with Crippen LogP contribution >= 0.6 is 45.8 Å². The molecule has 0 fully saturated rings. The van der Waals surface area contributed by atoms with Gasteiger partial charge in [-0.2, -0.15) is 5.10 Å². The van der Waals surface area contributed by atoms with E-state index in [0.29, 0.717) is 21.2 Å². The molecule has 1 N–H and O–H groups in total. The summed E-state index contributed by atoms with van der Waals surface area (Å²) in [6.45, 7) is 0. The number of amides is 1. The van der Waals surface area contributed by atoms with Crippen molar-refractivity contribution in [1.29, 1.82) is 0 Å². The van der Waals surface area contributed by atoms with E-state index in [9.17, 15) is 4.79 Å². The van der Waals surface area contributed by atoms with Crippen LogP contribution in [0.4, 0.5) is 0 Å². The van der Waals surface area contributed by atoms with Crippen LogP contribution in [0.5, 0.6) is 0 Å². The van der Waals surface area contributed by atoms with Gasteiger partial charge in [0, 0.05) is 14.7 Å². The Morgan fingerprint density at radius 1 is 1.15 bits per heavy atom. The van der Waals surface area contributed by atoms with Crippen LogP contribution in [0.25, 0.3) is 0 Å². The molecular weight excluding hydrogens is 410 g/mol. The molecular formula is C14H9Cl2IN2O. The summed E-state index contributed by atoms with van der Waals surface area (Å²) in [6, 6.07) is 12.4. The first kappa shape index (κ1) is 15.3. The van der Waals surface area contributed by atoms with E-state index in [4.69, 9.17) is 23.2 Å². The predicted octanol–water partition coefficient (Wildman–Crippen LogP) is 4.36. The Labute approximate surface area is 140 Å². The molecule has 0 bridgehead atoms. The van der Waals surface area contributed by atoms with E-state index >= 15 is 0 Å². The summed E-state index contributed by atoms with van der Waals surface area (Å²) in [5, 5.41) is 4.83. The largest absolute Gasteiger partial charge is 0.271 e. The molecule has 3 nitrogen and oxygen atoms in total. The van der Waals surface area contributed by atoms with Crippen molar-refractivity contribution >= 4 is 57.9 Å². The quantitative estimate of drug-likeness (QED) is 0.449. The van der Waals surface area contributed by atoms with E-state index in [2.05, 4.69) is 33.1 Å². The number of nitrogens with one attached hydrogen (secondary N) is 1. The van der Waals surface area contributed by atoms with Crippen molar-refractivity contribution in [2.24, 2.45) is 5.10 Å². The zero-order valence-electron chi connectivity index (χ0n) is 10.1. The predicted molar refractivity (Wildman–Crippen MR) is 90.7 cm³/mol. The van der Waals surface area contributed by atoms with Gasteiger partial charge in [0.2, 0.25) is 0 Å². The number of benzene rings is 2. The first-order valence-electron chi connectivity index (χ1n) is 5.61. The highest BCUT2D eigenvalue weighted by atomic mass is 127. The van der Waals surface area contributed by atoms with Gasteiger partial charge in [0.05, 0.1) is 16.3 Å². The van der Waals surface area contributed by atoms with Crippen LogP contribution in [0, 0.1) is 3.57 Å². The lowest BCUT2D eigenvalue weighted by atomic mass is 10.2. The number of hydrogen-bond acceptors (Lipinski definition) is 2. The zero-order valence-corrected chi connectivity index (χ0v) is 13.8. The maximum Gasteiger partial charge on any atom is 0.271 e. The van der Waals surface area contributed by atoms with Crippen molar-refractivity contribution in [2.45, 2.75) is 0 Å². The monoisotopic (exact) mass is 418 g/mol. The minimum Gasteiger partial charge on any atom is -0.267 e. The lowest BCUT2D eigenvalue weighted by Crippen LogP contribution is -2.17. The second kappa shape index (κ2) is 7.06. The maximum atomic E-state index is 11.9. The lowest BCUT2D eigenvalue weighted by Gasteiger charge is -2.02. The smallest absolute Gasteiger partial charge is 0.267 e. The van der Waals surface area contributed by atoms with Gasteiger partial charge in [-0.15, -0.1) is 0 Å². The van der Waals surface area contributed by atoms with Crippen LogP contribution in [-0.4, -0.2) is 12.1 Å². The fourth-order valence-corrected chi connectivity index (χ4v) is 2.52. The van der Waals surface area contributed by atoms with E-state index in [-0.39, 0.29) is 5.91 Å². The number of carbonyl (C=O) groups excluding carboxylic acids is 1. The van der Waals surface area contributed by atoms with E-state index in [1.807, 2.05) is 12.1 Å². The lowest BCUT2D eigenvalue weighted by molar-refractivity contribution is 0.0955. The van der Waals surface area contributed by atoms with E-state index in [0.717, 1.165) is 3.57 Å². The standard InChI is InChI=1S/C14H9Cl2IN2O/c15-12-5-2-6-13(16)11(12)8-18-19-14(20)9-3-1-4-10(17)7-9/h1-8H,(H,19,20)/b18-8+. The van der Waals surface area contributed by atoms with Crippen molar-refractivity contribution in [2.75, 3.05) is 0 Å². The average Bonchev–Trinajstić information content (AvgIpc) is 2.42. The molecule has 0 aromatic heterocycles. The molecule has 2 rings (SSSR count). The Balaban J connectivity index is 2.09. The number of halogens is 3. The Kier molecular flexibility index (Phi) is 5.39. The van der Waals surface area contributed by atoms with Gasteiger partial charge in [0.15, 0.2) is 0 Å². The van der Waals surface area contributed by atoms with Gasteiger partial charge in [0.25, 0.3) is 5.91 Å². The molecule has 0 saturated heterocycles. The number of nitrogens with zero attached hydrogens (tertiary/aromatic N) is 1. The Bertz CT molecular complexity index is 654. The highest BCUT2D eigenvalue weighted by Crippen LogP contribution is 2.22. The Morgan fingerprint density at radius 2 is 1.80 bits per heavy atom. The van der Waals surface area contributed by atoms with Gasteiger partial charge < -0.3 is 0 Å². The molecule has 0 aliphatic carbocycles. The van der Waals surface area contributed by atoms with Gasteiger partial charge in [-0.05, 0) is 52.9 Å². The topological polar surface area (TPSA) is 41.5 Å². The molecule has 1 amide bonds. The van der Waals surface area contributed by atoms with Crippen molar-refractivity contribution < 1.29 is 4.79 Å². The summed E-state index contributed by atoms with van der Waals surface area (Å²) in [5.74, 6) is -0.289. The highest BCUT2D eigenvalue weighted by Gasteiger charge is 2.05. The summed E-state index contributed by atoms with van der Waals surface area (Å²) in [5.41, 5.74) is 3.55. The third kappa shape index (κ3) is 3.94. The van der Waals surface area contributed by atoms with E-state index in [1.54, 1.807) is 30.3 Å². The molecule has 0 aliphatic heterocycles. The molecule has 0 spiro atoms. The van der Waals surface area contributed by atoms with Gasteiger partial charge in [0.1, 0.15) is 0 Å². The normalized spacial score (nSPS) is 10.8. The van der Waals surface area contributed by atoms with E-state index < -0.39 is 0 Å². The van der Waals surface area contributed by atoms with Crippen LogP contribution < -0.4 is 5.43 Å². The van der Waals surface area contributed by atoms with Gasteiger partial charge in [-0.3, -0.25) is 4.79 Å². The number of hydrogen-bond donors (Lipinski definition) is 1. The number of hydrazone groups is 1. The fraction of sp³-hybridized carbons (Fsp3) is 0. The minimum absolute atomic E-state index is 0.289. The molecule has 6 heteroatoms. The summed E-state index contributed by atoms with van der Waals surface area (Å²) in [4.78, 5) is 11.9. The molecule has 0 heterocycles. The zero-order chi connectivity index (χ0) is 14.5. The van der Waals surface area contributed by atoms with Crippen molar-refractivity contribution in [3.63, 3.8) is 0 Å². The average molecular weight is 419 g/mol. The summed E-state index contributed by atoms with van der Waals surface area (Å²) >= 11 is 14.1. The molecule has 102 valence electrons. The second-order valence-electron chi connectivity index (χ2n) is 3.84. The Morgan fingerprint density at radius 3 is 2.45 bits per heavy atom. The van der Waals surface area contributed by atoms with Crippen molar-refractivity contribution in [3.05, 3.63) is 67.2 Å². The molecule has 0 aliphatic rings.